The van der Waals surface area contributed by atoms with Crippen molar-refractivity contribution >= 4 is 17.5 Å². The highest BCUT2D eigenvalue weighted by molar-refractivity contribution is 6.39. The molecular weight excluding hydrogens is 198 g/mol. The van der Waals surface area contributed by atoms with Crippen LogP contribution in [0.5, 0.6) is 0 Å². The Kier molecular flexibility index (Phi) is 4.17. The van der Waals surface area contributed by atoms with Gasteiger partial charge in [-0.25, -0.2) is 9.97 Å². The summed E-state index contributed by atoms with van der Waals surface area (Å²) in [6.07, 6.45) is 4.10. The highest BCUT2D eigenvalue weighted by atomic mass is 16.2. The topological polar surface area (TPSA) is 110 Å². The number of carbonyl (C=O) groups excluding carboxylic acids is 2. The van der Waals surface area contributed by atoms with Gasteiger partial charge in [0, 0.05) is 13.1 Å². The Morgan fingerprint density at radius 1 is 1.27 bits per heavy atom. The second-order valence-corrected chi connectivity index (χ2v) is 2.63. The van der Waals surface area contributed by atoms with Crippen LogP contribution in [-0.4, -0.2) is 34.9 Å². The third-order valence-corrected chi connectivity index (χ3v) is 1.45. The first-order valence-corrected chi connectivity index (χ1v) is 4.28. The van der Waals surface area contributed by atoms with Gasteiger partial charge >= 0.3 is 11.8 Å². The van der Waals surface area contributed by atoms with Crippen molar-refractivity contribution < 1.29 is 9.59 Å². The molecule has 0 unspecified atom stereocenters. The number of amides is 2. The first kappa shape index (κ1) is 11.1. The van der Waals surface area contributed by atoms with Crippen molar-refractivity contribution in [2.75, 3.05) is 18.4 Å². The van der Waals surface area contributed by atoms with Gasteiger partial charge in [-0.05, 0) is 0 Å². The summed E-state index contributed by atoms with van der Waals surface area (Å²) in [6.45, 7) is 0.547. The Balaban J connectivity index is 2.45. The highest BCUT2D eigenvalue weighted by Crippen LogP contribution is 1.99. The van der Waals surface area contributed by atoms with E-state index in [1.807, 2.05) is 0 Å². The number of rotatable bonds is 3. The van der Waals surface area contributed by atoms with Gasteiger partial charge in [-0.1, -0.05) is 0 Å². The van der Waals surface area contributed by atoms with E-state index in [2.05, 4.69) is 20.6 Å². The molecule has 0 saturated carbocycles. The van der Waals surface area contributed by atoms with E-state index in [1.54, 1.807) is 0 Å². The number of aromatic nitrogens is 2. The minimum absolute atomic E-state index is 0.261. The number of nitrogens with two attached hydrogens (primary N) is 1. The summed E-state index contributed by atoms with van der Waals surface area (Å²) in [6, 6.07) is 0. The van der Waals surface area contributed by atoms with E-state index in [1.165, 1.54) is 18.7 Å². The van der Waals surface area contributed by atoms with Crippen LogP contribution in [0.4, 0.5) is 5.69 Å². The molecule has 0 saturated heterocycles. The molecule has 15 heavy (non-hydrogen) atoms. The van der Waals surface area contributed by atoms with Gasteiger partial charge in [0.2, 0.25) is 0 Å². The molecule has 0 aliphatic carbocycles. The minimum atomic E-state index is -0.766. The van der Waals surface area contributed by atoms with E-state index in [9.17, 15) is 9.59 Å². The van der Waals surface area contributed by atoms with E-state index >= 15 is 0 Å². The van der Waals surface area contributed by atoms with Gasteiger partial charge in [-0.2, -0.15) is 0 Å². The summed E-state index contributed by atoms with van der Waals surface area (Å²) in [5.74, 6) is -1.50. The maximum absolute atomic E-state index is 11.2. The van der Waals surface area contributed by atoms with Crippen molar-refractivity contribution in [3.63, 3.8) is 0 Å². The second kappa shape index (κ2) is 5.66. The summed E-state index contributed by atoms with van der Waals surface area (Å²) < 4.78 is 0. The molecule has 0 bridgehead atoms. The van der Waals surface area contributed by atoms with Crippen molar-refractivity contribution in [1.82, 2.24) is 15.3 Å². The SMILES string of the molecule is NCCNC(=O)C(=O)Nc1cncnc1. The molecule has 0 fully saturated rings. The zero-order valence-electron chi connectivity index (χ0n) is 7.93. The summed E-state index contributed by atoms with van der Waals surface area (Å²) in [7, 11) is 0. The molecule has 0 atom stereocenters. The number of hydrogen-bond acceptors (Lipinski definition) is 5. The average Bonchev–Trinajstić information content (AvgIpc) is 2.27. The lowest BCUT2D eigenvalue weighted by Crippen LogP contribution is -2.38. The van der Waals surface area contributed by atoms with E-state index in [0.29, 0.717) is 5.69 Å². The number of carbonyl (C=O) groups is 2. The van der Waals surface area contributed by atoms with Crippen molar-refractivity contribution in [2.24, 2.45) is 5.73 Å². The largest absolute Gasteiger partial charge is 0.347 e. The fourth-order valence-corrected chi connectivity index (χ4v) is 0.817. The zero-order valence-corrected chi connectivity index (χ0v) is 7.93. The number of hydrogen-bond donors (Lipinski definition) is 3. The van der Waals surface area contributed by atoms with Crippen LogP contribution in [-0.2, 0) is 9.59 Å². The Morgan fingerprint density at radius 3 is 2.53 bits per heavy atom. The second-order valence-electron chi connectivity index (χ2n) is 2.63. The van der Waals surface area contributed by atoms with E-state index in [4.69, 9.17) is 5.73 Å². The molecule has 4 N–H and O–H groups in total. The molecule has 80 valence electrons. The monoisotopic (exact) mass is 209 g/mol. The summed E-state index contributed by atoms with van der Waals surface area (Å²) in [5.41, 5.74) is 5.53. The molecular formula is C8H11N5O2. The van der Waals surface area contributed by atoms with Gasteiger partial charge in [0.25, 0.3) is 0 Å². The molecule has 0 radical (unpaired) electrons. The molecule has 7 heteroatoms. The third kappa shape index (κ3) is 3.69. The van der Waals surface area contributed by atoms with Crippen LogP contribution < -0.4 is 16.4 Å². The summed E-state index contributed by atoms with van der Waals surface area (Å²) in [5, 5.41) is 4.67. The van der Waals surface area contributed by atoms with E-state index in [0.717, 1.165) is 0 Å². The molecule has 0 aliphatic heterocycles. The molecule has 1 aromatic heterocycles. The maximum Gasteiger partial charge on any atom is 0.313 e. The molecule has 1 aromatic rings. The van der Waals surface area contributed by atoms with Crippen molar-refractivity contribution in [3.8, 4) is 0 Å². The molecule has 0 spiro atoms. The fraction of sp³-hybridized carbons (Fsp3) is 0.250. The highest BCUT2D eigenvalue weighted by Gasteiger charge is 2.12. The average molecular weight is 209 g/mol. The van der Waals surface area contributed by atoms with Gasteiger partial charge < -0.3 is 16.4 Å². The Hall–Kier alpha value is -2.02. The first-order valence-electron chi connectivity index (χ1n) is 4.28. The Labute approximate surface area is 86.1 Å². The predicted molar refractivity (Wildman–Crippen MR) is 52.7 cm³/mol. The molecule has 0 aliphatic rings. The fourth-order valence-electron chi connectivity index (χ4n) is 0.817. The number of anilines is 1. The minimum Gasteiger partial charge on any atom is -0.347 e. The number of nitrogens with one attached hydrogen (secondary N) is 2. The number of nitrogens with zero attached hydrogens (tertiary/aromatic N) is 2. The van der Waals surface area contributed by atoms with Crippen molar-refractivity contribution in [3.05, 3.63) is 18.7 Å². The molecule has 2 amide bonds. The van der Waals surface area contributed by atoms with Crippen LogP contribution in [0.1, 0.15) is 0 Å². The lowest BCUT2D eigenvalue weighted by molar-refractivity contribution is -0.136. The molecule has 7 nitrogen and oxygen atoms in total. The smallest absolute Gasteiger partial charge is 0.313 e. The van der Waals surface area contributed by atoms with Crippen molar-refractivity contribution in [2.45, 2.75) is 0 Å². The van der Waals surface area contributed by atoms with Crippen LogP contribution in [0, 0.1) is 0 Å². The van der Waals surface area contributed by atoms with Gasteiger partial charge in [0.05, 0.1) is 18.1 Å². The van der Waals surface area contributed by atoms with Gasteiger partial charge in [-0.3, -0.25) is 9.59 Å². The van der Waals surface area contributed by atoms with Crippen LogP contribution in [0.25, 0.3) is 0 Å². The first-order chi connectivity index (χ1) is 7.24. The van der Waals surface area contributed by atoms with E-state index < -0.39 is 11.8 Å². The van der Waals surface area contributed by atoms with Crippen molar-refractivity contribution in [1.29, 1.82) is 0 Å². The standard InChI is InChI=1S/C8H11N5O2/c9-1-2-12-7(14)8(15)13-6-3-10-5-11-4-6/h3-5H,1-2,9H2,(H,12,14)(H,13,15). The Bertz CT molecular complexity index is 340. The third-order valence-electron chi connectivity index (χ3n) is 1.45. The normalized spacial score (nSPS) is 9.40. The zero-order chi connectivity index (χ0) is 11.1. The molecule has 1 heterocycles. The lowest BCUT2D eigenvalue weighted by Gasteiger charge is -2.04. The quantitative estimate of drug-likeness (QED) is 0.524. The van der Waals surface area contributed by atoms with Gasteiger partial charge in [0.15, 0.2) is 0 Å². The van der Waals surface area contributed by atoms with Crippen LogP contribution in [0.2, 0.25) is 0 Å². The van der Waals surface area contributed by atoms with Crippen LogP contribution in [0.15, 0.2) is 18.7 Å². The molecule has 0 aromatic carbocycles. The maximum atomic E-state index is 11.2. The lowest BCUT2D eigenvalue weighted by atomic mass is 10.4. The van der Waals surface area contributed by atoms with Gasteiger partial charge in [-0.15, -0.1) is 0 Å². The summed E-state index contributed by atoms with van der Waals surface area (Å²) in [4.78, 5) is 29.6. The summed E-state index contributed by atoms with van der Waals surface area (Å²) >= 11 is 0. The molecule has 1 rings (SSSR count). The predicted octanol–water partition coefficient (Wildman–Crippen LogP) is -1.51. The Morgan fingerprint density at radius 2 is 1.93 bits per heavy atom. The van der Waals surface area contributed by atoms with Crippen LogP contribution in [0.3, 0.4) is 0 Å². The van der Waals surface area contributed by atoms with Gasteiger partial charge in [0.1, 0.15) is 6.33 Å². The van der Waals surface area contributed by atoms with E-state index in [-0.39, 0.29) is 13.1 Å². The van der Waals surface area contributed by atoms with Crippen LogP contribution >= 0.6 is 0 Å².